The molecule has 0 radical (unpaired) electrons. The maximum Gasteiger partial charge on any atom is 0.325 e. The van der Waals surface area contributed by atoms with Crippen molar-refractivity contribution in [3.8, 4) is 5.75 Å². The molecule has 2 aromatic carbocycles. The number of esters is 1. The largest absolute Gasteiger partial charge is 0.484 e. The van der Waals surface area contributed by atoms with Crippen molar-refractivity contribution in [1.29, 1.82) is 0 Å². The van der Waals surface area contributed by atoms with Crippen molar-refractivity contribution in [2.24, 2.45) is 0 Å². The van der Waals surface area contributed by atoms with E-state index in [1.54, 1.807) is 30.3 Å². The highest BCUT2D eigenvalue weighted by Gasteiger charge is 2.08. The first kappa shape index (κ1) is 17.8. The van der Waals surface area contributed by atoms with Gasteiger partial charge in [-0.3, -0.25) is 9.59 Å². The Kier molecular flexibility index (Phi) is 6.63. The summed E-state index contributed by atoms with van der Waals surface area (Å²) < 4.78 is 10.5. The molecule has 24 heavy (non-hydrogen) atoms. The van der Waals surface area contributed by atoms with E-state index in [4.69, 9.17) is 21.1 Å². The molecule has 0 aromatic heterocycles. The first-order chi connectivity index (χ1) is 11.5. The van der Waals surface area contributed by atoms with Gasteiger partial charge in [0.2, 0.25) is 0 Å². The highest BCUT2D eigenvalue weighted by atomic mass is 35.5. The van der Waals surface area contributed by atoms with Gasteiger partial charge >= 0.3 is 5.97 Å². The number of rotatable bonds is 7. The van der Waals surface area contributed by atoms with E-state index in [1.807, 2.05) is 25.1 Å². The molecule has 126 valence electrons. The minimum absolute atomic E-state index is 0.131. The molecule has 2 rings (SSSR count). The smallest absolute Gasteiger partial charge is 0.325 e. The van der Waals surface area contributed by atoms with Gasteiger partial charge in [-0.2, -0.15) is 0 Å². The Morgan fingerprint density at radius 3 is 2.50 bits per heavy atom. The molecule has 0 aliphatic heterocycles. The molecule has 6 heteroatoms. The van der Waals surface area contributed by atoms with Crippen LogP contribution in [0, 0.1) is 6.92 Å². The van der Waals surface area contributed by atoms with Gasteiger partial charge in [-0.15, -0.1) is 0 Å². The van der Waals surface area contributed by atoms with Crippen molar-refractivity contribution in [2.75, 3.05) is 13.2 Å². The van der Waals surface area contributed by atoms with Crippen molar-refractivity contribution in [1.82, 2.24) is 5.32 Å². The van der Waals surface area contributed by atoms with E-state index in [2.05, 4.69) is 5.32 Å². The monoisotopic (exact) mass is 347 g/mol. The Hall–Kier alpha value is -2.53. The number of amides is 1. The molecule has 0 fully saturated rings. The van der Waals surface area contributed by atoms with E-state index >= 15 is 0 Å². The van der Waals surface area contributed by atoms with Gasteiger partial charge in [0.15, 0.2) is 6.61 Å². The van der Waals surface area contributed by atoms with Crippen LogP contribution in [0.2, 0.25) is 5.02 Å². The predicted octanol–water partition coefficient (Wildman–Crippen LogP) is 2.89. The Morgan fingerprint density at radius 1 is 1.08 bits per heavy atom. The Balaban J connectivity index is 1.66. The van der Waals surface area contributed by atoms with Crippen LogP contribution >= 0.6 is 11.6 Å². The molecule has 5 nitrogen and oxygen atoms in total. The van der Waals surface area contributed by atoms with E-state index in [1.165, 1.54) is 0 Å². The second-order valence-electron chi connectivity index (χ2n) is 5.12. The molecule has 0 spiro atoms. The van der Waals surface area contributed by atoms with Crippen LogP contribution in [-0.2, 0) is 20.9 Å². The molecule has 1 N–H and O–H groups in total. The van der Waals surface area contributed by atoms with Crippen molar-refractivity contribution in [2.45, 2.75) is 13.5 Å². The average molecular weight is 348 g/mol. The second-order valence-corrected chi connectivity index (χ2v) is 5.55. The molecule has 2 aromatic rings. The summed E-state index contributed by atoms with van der Waals surface area (Å²) in [7, 11) is 0. The summed E-state index contributed by atoms with van der Waals surface area (Å²) >= 11 is 5.78. The zero-order chi connectivity index (χ0) is 17.4. The maximum absolute atomic E-state index is 11.7. The van der Waals surface area contributed by atoms with Gasteiger partial charge < -0.3 is 14.8 Å². The Labute approximate surface area is 145 Å². The van der Waals surface area contributed by atoms with Gasteiger partial charge in [0.05, 0.1) is 0 Å². The van der Waals surface area contributed by atoms with Crippen molar-refractivity contribution in [3.63, 3.8) is 0 Å². The lowest BCUT2D eigenvalue weighted by Gasteiger charge is -2.09. The molecule has 0 unspecified atom stereocenters. The third-order valence-corrected chi connectivity index (χ3v) is 3.45. The SMILES string of the molecule is Cc1ccccc1OCC(=O)NCC(=O)OCc1ccc(Cl)cc1. The highest BCUT2D eigenvalue weighted by molar-refractivity contribution is 6.30. The molecule has 0 saturated carbocycles. The fraction of sp³-hybridized carbons (Fsp3) is 0.222. The molecule has 0 saturated heterocycles. The van der Waals surface area contributed by atoms with Crippen molar-refractivity contribution < 1.29 is 19.1 Å². The van der Waals surface area contributed by atoms with Crippen LogP contribution in [-0.4, -0.2) is 25.0 Å². The first-order valence-electron chi connectivity index (χ1n) is 7.40. The van der Waals surface area contributed by atoms with Crippen molar-refractivity contribution in [3.05, 3.63) is 64.7 Å². The summed E-state index contributed by atoms with van der Waals surface area (Å²) in [6, 6.07) is 14.4. The van der Waals surface area contributed by atoms with Gasteiger partial charge in [-0.1, -0.05) is 41.9 Å². The van der Waals surface area contributed by atoms with Crippen LogP contribution in [0.15, 0.2) is 48.5 Å². The molecule has 0 aliphatic rings. The predicted molar refractivity (Wildman–Crippen MR) is 90.9 cm³/mol. The molecule has 0 heterocycles. The van der Waals surface area contributed by atoms with E-state index in [0.717, 1.165) is 11.1 Å². The molecule has 0 aliphatic carbocycles. The van der Waals surface area contributed by atoms with Gasteiger partial charge in [0.25, 0.3) is 5.91 Å². The molecular weight excluding hydrogens is 330 g/mol. The van der Waals surface area contributed by atoms with E-state index < -0.39 is 5.97 Å². The topological polar surface area (TPSA) is 64.6 Å². The zero-order valence-electron chi connectivity index (χ0n) is 13.3. The third kappa shape index (κ3) is 5.93. The van der Waals surface area contributed by atoms with Crippen LogP contribution < -0.4 is 10.1 Å². The van der Waals surface area contributed by atoms with Crippen molar-refractivity contribution >= 4 is 23.5 Å². The van der Waals surface area contributed by atoms with E-state index in [-0.39, 0.29) is 25.7 Å². The Bertz CT molecular complexity index is 700. The summed E-state index contributed by atoms with van der Waals surface area (Å²) in [5.41, 5.74) is 1.76. The minimum Gasteiger partial charge on any atom is -0.484 e. The summed E-state index contributed by atoms with van der Waals surface area (Å²) in [6.45, 7) is 1.66. The van der Waals surface area contributed by atoms with Gasteiger partial charge in [0, 0.05) is 5.02 Å². The molecular formula is C18H18ClNO4. The normalized spacial score (nSPS) is 10.1. The van der Waals surface area contributed by atoms with Crippen LogP contribution in [0.25, 0.3) is 0 Å². The molecule has 0 bridgehead atoms. The van der Waals surface area contributed by atoms with Crippen LogP contribution in [0.5, 0.6) is 5.75 Å². The average Bonchev–Trinajstić information content (AvgIpc) is 2.58. The summed E-state index contributed by atoms with van der Waals surface area (Å²) in [6.07, 6.45) is 0. The lowest BCUT2D eigenvalue weighted by Crippen LogP contribution is -2.34. The number of carbonyl (C=O) groups is 2. The van der Waals surface area contributed by atoms with E-state index in [0.29, 0.717) is 10.8 Å². The third-order valence-electron chi connectivity index (χ3n) is 3.20. The second kappa shape index (κ2) is 8.93. The quantitative estimate of drug-likeness (QED) is 0.782. The zero-order valence-corrected chi connectivity index (χ0v) is 14.0. The number of ether oxygens (including phenoxy) is 2. The van der Waals surface area contributed by atoms with E-state index in [9.17, 15) is 9.59 Å². The van der Waals surface area contributed by atoms with Crippen LogP contribution in [0.1, 0.15) is 11.1 Å². The van der Waals surface area contributed by atoms with Gasteiger partial charge in [-0.05, 0) is 36.2 Å². The number of benzene rings is 2. The molecule has 1 amide bonds. The Morgan fingerprint density at radius 2 is 1.79 bits per heavy atom. The summed E-state index contributed by atoms with van der Waals surface area (Å²) in [5.74, 6) is -0.270. The first-order valence-corrected chi connectivity index (χ1v) is 7.77. The number of hydrogen-bond donors (Lipinski definition) is 1. The number of halogens is 1. The van der Waals surface area contributed by atoms with Gasteiger partial charge in [-0.25, -0.2) is 0 Å². The lowest BCUT2D eigenvalue weighted by molar-refractivity contribution is -0.145. The minimum atomic E-state index is -0.519. The number of hydrogen-bond acceptors (Lipinski definition) is 4. The van der Waals surface area contributed by atoms with Gasteiger partial charge in [0.1, 0.15) is 18.9 Å². The fourth-order valence-corrected chi connectivity index (χ4v) is 2.00. The summed E-state index contributed by atoms with van der Waals surface area (Å²) in [5, 5.41) is 3.07. The number of para-hydroxylation sites is 1. The number of nitrogens with one attached hydrogen (secondary N) is 1. The number of carbonyl (C=O) groups excluding carboxylic acids is 2. The lowest BCUT2D eigenvalue weighted by atomic mass is 10.2. The maximum atomic E-state index is 11.7. The van der Waals surface area contributed by atoms with Crippen LogP contribution in [0.3, 0.4) is 0 Å². The molecule has 0 atom stereocenters. The summed E-state index contributed by atoms with van der Waals surface area (Å²) in [4.78, 5) is 23.3. The standard InChI is InChI=1S/C18H18ClNO4/c1-13-4-2-3-5-16(13)23-12-17(21)20-10-18(22)24-11-14-6-8-15(19)9-7-14/h2-9H,10-12H2,1H3,(H,20,21). The van der Waals surface area contributed by atoms with Crippen LogP contribution in [0.4, 0.5) is 0 Å². The number of aryl methyl sites for hydroxylation is 1. The fourth-order valence-electron chi connectivity index (χ4n) is 1.88. The highest BCUT2D eigenvalue weighted by Crippen LogP contribution is 2.15.